The molecular formula is C20H16BrClN2O4. The van der Waals surface area contributed by atoms with Crippen molar-refractivity contribution in [2.24, 2.45) is 28.8 Å². The van der Waals surface area contributed by atoms with Gasteiger partial charge in [-0.25, -0.2) is 0 Å². The molecule has 1 heterocycles. The molecule has 1 aliphatic heterocycles. The third-order valence-electron chi connectivity index (χ3n) is 5.44. The topological polar surface area (TPSA) is 68.2 Å². The van der Waals surface area contributed by atoms with Gasteiger partial charge >= 0.3 is 0 Å². The van der Waals surface area contributed by atoms with E-state index in [4.69, 9.17) is 27.5 Å². The normalized spacial score (nSPS) is 27.6. The molecule has 1 aromatic rings. The van der Waals surface area contributed by atoms with Gasteiger partial charge in [-0.2, -0.15) is 10.1 Å². The molecule has 0 spiro atoms. The molecule has 2 fully saturated rings. The largest absolute Gasteiger partial charge is 0.493 e. The third kappa shape index (κ3) is 2.83. The number of hydrazone groups is 1. The molecule has 1 aromatic carbocycles. The summed E-state index contributed by atoms with van der Waals surface area (Å²) in [6.45, 7) is 0.0336. The molecule has 1 saturated carbocycles. The van der Waals surface area contributed by atoms with E-state index in [1.165, 1.54) is 13.3 Å². The Morgan fingerprint density at radius 1 is 1.36 bits per heavy atom. The zero-order valence-corrected chi connectivity index (χ0v) is 17.2. The number of hydrogen-bond donors (Lipinski definition) is 0. The van der Waals surface area contributed by atoms with Crippen LogP contribution in [-0.2, 0) is 9.59 Å². The van der Waals surface area contributed by atoms with Crippen molar-refractivity contribution in [3.05, 3.63) is 33.3 Å². The second-order valence-electron chi connectivity index (χ2n) is 6.85. The summed E-state index contributed by atoms with van der Waals surface area (Å²) in [5, 5.41) is 5.41. The van der Waals surface area contributed by atoms with Gasteiger partial charge in [0.15, 0.2) is 11.5 Å². The average molecular weight is 464 g/mol. The van der Waals surface area contributed by atoms with Crippen LogP contribution in [0.1, 0.15) is 12.0 Å². The Hall–Kier alpha value is -2.30. The van der Waals surface area contributed by atoms with Crippen molar-refractivity contribution in [3.63, 3.8) is 0 Å². The Bertz CT molecular complexity index is 938. The van der Waals surface area contributed by atoms with Gasteiger partial charge in [0.1, 0.15) is 11.6 Å². The summed E-state index contributed by atoms with van der Waals surface area (Å²) in [7, 11) is 1.47. The predicted octanol–water partition coefficient (Wildman–Crippen LogP) is 3.26. The van der Waals surface area contributed by atoms with Gasteiger partial charge < -0.3 is 9.47 Å². The number of allylic oxidation sites excluding steroid dienone is 2. The molecule has 4 rings (SSSR count). The number of carbonyl (C=O) groups excluding carboxylic acids is 2. The number of methoxy groups -OCH3 is 1. The molecule has 2 amide bonds. The molecule has 144 valence electrons. The second-order valence-corrected chi connectivity index (χ2v) is 8.02. The number of ether oxygens (including phenoxy) is 2. The van der Waals surface area contributed by atoms with Crippen LogP contribution in [-0.4, -0.2) is 36.8 Å². The monoisotopic (exact) mass is 462 g/mol. The quantitative estimate of drug-likeness (QED) is 0.291. The number of hydrogen-bond acceptors (Lipinski definition) is 5. The number of terminal acetylenes is 1. The van der Waals surface area contributed by atoms with Crippen LogP contribution in [0.25, 0.3) is 0 Å². The van der Waals surface area contributed by atoms with Crippen molar-refractivity contribution in [2.75, 3.05) is 13.7 Å². The number of imide groups is 1. The van der Waals surface area contributed by atoms with E-state index < -0.39 is 0 Å². The average Bonchev–Trinajstić information content (AvgIpc) is 3.37. The molecular weight excluding hydrogens is 448 g/mol. The fourth-order valence-corrected chi connectivity index (χ4v) is 4.87. The maximum absolute atomic E-state index is 12.7. The molecule has 6 nitrogen and oxygen atoms in total. The highest BCUT2D eigenvalue weighted by Crippen LogP contribution is 2.52. The van der Waals surface area contributed by atoms with Gasteiger partial charge in [0.25, 0.3) is 11.8 Å². The number of benzene rings is 1. The number of carbonyl (C=O) groups is 2. The minimum Gasteiger partial charge on any atom is -0.493 e. The zero-order chi connectivity index (χ0) is 20.0. The van der Waals surface area contributed by atoms with Gasteiger partial charge in [-0.05, 0) is 40.3 Å². The molecule has 8 heteroatoms. The molecule has 2 aliphatic carbocycles. The summed E-state index contributed by atoms with van der Waals surface area (Å²) in [5.41, 5.74) is 0.536. The lowest BCUT2D eigenvalue weighted by atomic mass is 9.85. The zero-order valence-electron chi connectivity index (χ0n) is 14.9. The van der Waals surface area contributed by atoms with Gasteiger partial charge in [0, 0.05) is 10.0 Å². The van der Waals surface area contributed by atoms with Crippen molar-refractivity contribution in [1.29, 1.82) is 0 Å². The highest BCUT2D eigenvalue weighted by Gasteiger charge is 2.59. The first kappa shape index (κ1) is 19.0. The maximum atomic E-state index is 12.7. The Morgan fingerprint density at radius 2 is 2.00 bits per heavy atom. The highest BCUT2D eigenvalue weighted by molar-refractivity contribution is 9.10. The Morgan fingerprint density at radius 3 is 2.57 bits per heavy atom. The van der Waals surface area contributed by atoms with Crippen LogP contribution in [0.2, 0.25) is 5.02 Å². The van der Waals surface area contributed by atoms with Gasteiger partial charge in [-0.1, -0.05) is 29.7 Å². The van der Waals surface area contributed by atoms with Gasteiger partial charge in [0.2, 0.25) is 0 Å². The first-order valence-electron chi connectivity index (χ1n) is 8.70. The van der Waals surface area contributed by atoms with Crippen LogP contribution in [0.4, 0.5) is 0 Å². The number of amides is 2. The third-order valence-corrected chi connectivity index (χ3v) is 6.88. The van der Waals surface area contributed by atoms with E-state index in [9.17, 15) is 9.59 Å². The Kier molecular flexibility index (Phi) is 4.94. The standard InChI is InChI=1S/C20H16BrClN2O4/c1-3-6-28-18-13(27-2)8-12(16(21)17(18)22)9-23-24-19(25)14-10-4-5-11(7-10)15(14)20(24)26/h1,4-5,8-11,14-15H,6-7H2,2H3. The summed E-state index contributed by atoms with van der Waals surface area (Å²) in [6.07, 6.45) is 11.6. The number of rotatable bonds is 5. The number of nitrogens with zero attached hydrogens (tertiary/aromatic N) is 2. The summed E-state index contributed by atoms with van der Waals surface area (Å²) in [5.74, 6) is 2.24. The molecule has 0 N–H and O–H groups in total. The van der Waals surface area contributed by atoms with Crippen LogP contribution >= 0.6 is 27.5 Å². The van der Waals surface area contributed by atoms with E-state index in [2.05, 4.69) is 27.0 Å². The SMILES string of the molecule is C#CCOc1c(OC)cc(C=NN2C(=O)C3C4C=CC(C4)C3C2=O)c(Br)c1Cl. The minimum absolute atomic E-state index is 0.0336. The molecule has 0 aromatic heterocycles. The van der Waals surface area contributed by atoms with E-state index >= 15 is 0 Å². The smallest absolute Gasteiger partial charge is 0.254 e. The first-order chi connectivity index (χ1) is 13.5. The molecule has 4 unspecified atom stereocenters. The van der Waals surface area contributed by atoms with E-state index in [0.29, 0.717) is 21.5 Å². The van der Waals surface area contributed by atoms with Gasteiger partial charge in [-0.15, -0.1) is 6.42 Å². The van der Waals surface area contributed by atoms with Gasteiger partial charge in [-0.3, -0.25) is 9.59 Å². The lowest BCUT2D eigenvalue weighted by molar-refractivity contribution is -0.140. The van der Waals surface area contributed by atoms with E-state index in [1.807, 2.05) is 12.2 Å². The highest BCUT2D eigenvalue weighted by atomic mass is 79.9. The van der Waals surface area contributed by atoms with Crippen LogP contribution in [0.15, 0.2) is 27.8 Å². The fraction of sp³-hybridized carbons (Fsp3) is 0.350. The summed E-state index contributed by atoms with van der Waals surface area (Å²) >= 11 is 9.75. The maximum Gasteiger partial charge on any atom is 0.254 e. The second kappa shape index (κ2) is 7.26. The number of fused-ring (bicyclic) bond motifs is 5. The number of halogens is 2. The molecule has 4 atom stereocenters. The molecule has 28 heavy (non-hydrogen) atoms. The van der Waals surface area contributed by atoms with Crippen molar-refractivity contribution >= 4 is 45.6 Å². The van der Waals surface area contributed by atoms with Crippen LogP contribution in [0.5, 0.6) is 11.5 Å². The molecule has 3 aliphatic rings. The van der Waals surface area contributed by atoms with Crippen molar-refractivity contribution in [2.45, 2.75) is 6.42 Å². The fourth-order valence-electron chi connectivity index (χ4n) is 4.22. The lowest BCUT2D eigenvalue weighted by Crippen LogP contribution is -2.28. The van der Waals surface area contributed by atoms with E-state index in [1.54, 1.807) is 6.07 Å². The van der Waals surface area contributed by atoms with Crippen molar-refractivity contribution in [1.82, 2.24) is 5.01 Å². The summed E-state index contributed by atoms with van der Waals surface area (Å²) in [6, 6.07) is 1.64. The Labute approximate surface area is 175 Å². The van der Waals surface area contributed by atoms with E-state index in [-0.39, 0.29) is 47.1 Å². The lowest BCUT2D eigenvalue weighted by Gasteiger charge is -2.14. The molecule has 0 radical (unpaired) electrons. The van der Waals surface area contributed by atoms with Crippen molar-refractivity contribution in [3.8, 4) is 23.8 Å². The van der Waals surface area contributed by atoms with Crippen molar-refractivity contribution < 1.29 is 19.1 Å². The first-order valence-corrected chi connectivity index (χ1v) is 9.87. The molecule has 1 saturated heterocycles. The predicted molar refractivity (Wildman–Crippen MR) is 107 cm³/mol. The molecule has 2 bridgehead atoms. The summed E-state index contributed by atoms with van der Waals surface area (Å²) in [4.78, 5) is 25.4. The van der Waals surface area contributed by atoms with Crippen LogP contribution in [0.3, 0.4) is 0 Å². The minimum atomic E-state index is -0.291. The van der Waals surface area contributed by atoms with E-state index in [0.717, 1.165) is 11.4 Å². The van der Waals surface area contributed by atoms with Crippen LogP contribution < -0.4 is 9.47 Å². The van der Waals surface area contributed by atoms with Gasteiger partial charge in [0.05, 0.1) is 25.2 Å². The van der Waals surface area contributed by atoms with Crippen LogP contribution in [0, 0.1) is 36.0 Å². The Balaban J connectivity index is 1.62. The summed E-state index contributed by atoms with van der Waals surface area (Å²) < 4.78 is 11.2.